The van der Waals surface area contributed by atoms with Crippen LogP contribution in [0, 0.1) is 9.39 Å². The fourth-order valence-corrected chi connectivity index (χ4v) is 5.43. The number of carbonyl (C=O) groups is 1. The van der Waals surface area contributed by atoms with Gasteiger partial charge < -0.3 is 35.8 Å². The van der Waals surface area contributed by atoms with Crippen LogP contribution in [0.5, 0.6) is 0 Å². The number of nitrogens with zero attached hydrogens (tertiary/aromatic N) is 3. The number of carbonyl (C=O) groups excluding carboxylic acids is 1. The second-order valence-corrected chi connectivity index (χ2v) is 10.8. The van der Waals surface area contributed by atoms with Crippen molar-refractivity contribution < 1.29 is 24.5 Å². The van der Waals surface area contributed by atoms with Crippen LogP contribution in [-0.4, -0.2) is 62.9 Å². The van der Waals surface area contributed by atoms with E-state index in [9.17, 15) is 24.5 Å². The molecule has 3 unspecified atom stereocenters. The van der Waals surface area contributed by atoms with E-state index in [0.29, 0.717) is 34.0 Å². The van der Waals surface area contributed by atoms with Gasteiger partial charge in [-0.15, -0.1) is 0 Å². The molecule has 2 aliphatic heterocycles. The highest BCUT2D eigenvalue weighted by Gasteiger charge is 2.51. The minimum atomic E-state index is -1.24. The number of fused-ring (bicyclic) bond motifs is 1. The van der Waals surface area contributed by atoms with Gasteiger partial charge in [-0.2, -0.15) is 0 Å². The van der Waals surface area contributed by atoms with E-state index in [4.69, 9.17) is 0 Å². The third-order valence-electron chi connectivity index (χ3n) is 6.87. The normalized spacial score (nSPS) is 24.4. The molecule has 0 spiro atoms. The molecule has 1 amide bonds. The molecule has 2 heterocycles. The van der Waals surface area contributed by atoms with Crippen LogP contribution in [0.2, 0.25) is 0 Å². The average molecular weight is 621 g/mol. The Kier molecular flexibility index (Phi) is 6.92. The zero-order valence-corrected chi connectivity index (χ0v) is 22.8. The minimum Gasteiger partial charge on any atom is -0.374 e. The molecule has 11 heteroatoms. The monoisotopic (exact) mass is 621 g/mol. The van der Waals surface area contributed by atoms with Gasteiger partial charge in [0.05, 0.1) is 17.0 Å². The molecule has 5 N–H and O–H groups in total. The van der Waals surface area contributed by atoms with Crippen LogP contribution in [0.3, 0.4) is 0 Å². The molecule has 2 aromatic carbocycles. The van der Waals surface area contributed by atoms with E-state index in [1.165, 1.54) is 13.0 Å². The molecule has 196 valence electrons. The van der Waals surface area contributed by atoms with Gasteiger partial charge in [-0.05, 0) is 84.3 Å². The number of amides is 1. The van der Waals surface area contributed by atoms with E-state index in [1.54, 1.807) is 65.1 Å². The van der Waals surface area contributed by atoms with Gasteiger partial charge in [0.2, 0.25) is 5.91 Å². The largest absolute Gasteiger partial charge is 0.374 e. The van der Waals surface area contributed by atoms with Gasteiger partial charge in [0.25, 0.3) is 0 Å². The van der Waals surface area contributed by atoms with E-state index in [-0.39, 0.29) is 17.6 Å². The van der Waals surface area contributed by atoms with E-state index in [0.717, 1.165) is 16.4 Å². The summed E-state index contributed by atoms with van der Waals surface area (Å²) in [5, 5.41) is 40.2. The Balaban J connectivity index is 1.69. The molecule has 37 heavy (non-hydrogen) atoms. The summed E-state index contributed by atoms with van der Waals surface area (Å²) in [5.41, 5.74) is 2.62. The van der Waals surface area contributed by atoms with Crippen molar-refractivity contribution in [1.29, 1.82) is 0 Å². The standard InChI is InChI=1S/C26H29FIN5O4/c1-13-22-21(23(31(3)24(13)35)30-20-10-7-15(28)11-19(20)27)25(36)33(17-8-9-17)26(37)32(22)18-6-4-5-16(12-18)29-14(2)34/h4-7,10-12,17,24-26,30,35-37H,8-9H2,1-3H3,(H,29,34). The first-order valence-corrected chi connectivity index (χ1v) is 13.0. The van der Waals surface area contributed by atoms with Crippen molar-refractivity contribution in [2.24, 2.45) is 0 Å². The van der Waals surface area contributed by atoms with Gasteiger partial charge in [0.15, 0.2) is 12.6 Å². The predicted octanol–water partition coefficient (Wildman–Crippen LogP) is 3.13. The Morgan fingerprint density at radius 2 is 1.84 bits per heavy atom. The molecular weight excluding hydrogens is 592 g/mol. The Labute approximate surface area is 228 Å². The molecule has 9 nitrogen and oxygen atoms in total. The van der Waals surface area contributed by atoms with Crippen molar-refractivity contribution in [3.8, 4) is 0 Å². The second-order valence-electron chi connectivity index (χ2n) is 9.53. The number of aliphatic hydroxyl groups is 3. The molecule has 1 saturated heterocycles. The van der Waals surface area contributed by atoms with Gasteiger partial charge in [0, 0.05) is 35.0 Å². The molecule has 5 rings (SSSR count). The summed E-state index contributed by atoms with van der Waals surface area (Å²) in [6.07, 6.45) is -1.94. The number of hydrogen-bond acceptors (Lipinski definition) is 8. The molecular formula is C26H29FIN5O4. The highest BCUT2D eigenvalue weighted by molar-refractivity contribution is 14.1. The lowest BCUT2D eigenvalue weighted by molar-refractivity contribution is -0.114. The van der Waals surface area contributed by atoms with Crippen LogP contribution in [0.4, 0.5) is 21.5 Å². The quantitative estimate of drug-likeness (QED) is 0.324. The van der Waals surface area contributed by atoms with Crippen molar-refractivity contribution in [1.82, 2.24) is 9.80 Å². The van der Waals surface area contributed by atoms with E-state index < -0.39 is 24.6 Å². The zero-order chi connectivity index (χ0) is 26.6. The smallest absolute Gasteiger partial charge is 0.221 e. The first-order valence-electron chi connectivity index (χ1n) is 12.0. The van der Waals surface area contributed by atoms with E-state index in [1.807, 2.05) is 22.6 Å². The maximum absolute atomic E-state index is 14.9. The summed E-state index contributed by atoms with van der Waals surface area (Å²) in [6, 6.07) is 11.7. The molecule has 0 aromatic heterocycles. The van der Waals surface area contributed by atoms with Crippen LogP contribution in [0.25, 0.3) is 0 Å². The minimum absolute atomic E-state index is 0.0474. The maximum atomic E-state index is 14.9. The Hall–Kier alpha value is -2.71. The van der Waals surface area contributed by atoms with E-state index in [2.05, 4.69) is 10.6 Å². The van der Waals surface area contributed by atoms with Crippen LogP contribution in [0.15, 0.2) is 65.1 Å². The molecule has 0 radical (unpaired) electrons. The third-order valence-corrected chi connectivity index (χ3v) is 7.54. The van der Waals surface area contributed by atoms with Gasteiger partial charge in [0.1, 0.15) is 17.9 Å². The topological polar surface area (TPSA) is 112 Å². The van der Waals surface area contributed by atoms with Crippen molar-refractivity contribution in [2.45, 2.75) is 51.5 Å². The Bertz CT molecular complexity index is 1310. The highest BCUT2D eigenvalue weighted by atomic mass is 127. The number of hydrogen-bond donors (Lipinski definition) is 5. The lowest BCUT2D eigenvalue weighted by Crippen LogP contribution is -2.62. The first-order chi connectivity index (χ1) is 17.6. The summed E-state index contributed by atoms with van der Waals surface area (Å²) >= 11 is 2.03. The van der Waals surface area contributed by atoms with Gasteiger partial charge >= 0.3 is 0 Å². The number of benzene rings is 2. The first kappa shape index (κ1) is 25.9. The molecule has 2 aromatic rings. The summed E-state index contributed by atoms with van der Waals surface area (Å²) in [7, 11) is 1.66. The van der Waals surface area contributed by atoms with Crippen molar-refractivity contribution in [3.05, 3.63) is 74.5 Å². The highest BCUT2D eigenvalue weighted by Crippen LogP contribution is 2.46. The van der Waals surface area contributed by atoms with Crippen LogP contribution in [-0.2, 0) is 4.79 Å². The summed E-state index contributed by atoms with van der Waals surface area (Å²) < 4.78 is 15.6. The number of aliphatic hydroxyl groups excluding tert-OH is 3. The number of nitrogens with one attached hydrogen (secondary N) is 2. The molecule has 1 aliphatic carbocycles. The fraction of sp³-hybridized carbons (Fsp3) is 0.346. The molecule has 2 fully saturated rings. The zero-order valence-electron chi connectivity index (χ0n) is 20.6. The van der Waals surface area contributed by atoms with Gasteiger partial charge in [-0.3, -0.25) is 4.79 Å². The molecule has 1 saturated carbocycles. The van der Waals surface area contributed by atoms with Gasteiger partial charge in [-0.25, -0.2) is 9.29 Å². The SMILES string of the molecule is CC(=O)Nc1cccc(N2C3=C(C)C(O)N(C)C(Nc4ccc(I)cc4F)=C3C(O)N(C3CC3)C2O)c1. The van der Waals surface area contributed by atoms with Crippen molar-refractivity contribution in [2.75, 3.05) is 22.6 Å². The van der Waals surface area contributed by atoms with Crippen molar-refractivity contribution in [3.63, 3.8) is 0 Å². The third kappa shape index (κ3) is 4.70. The average Bonchev–Trinajstić information content (AvgIpc) is 3.67. The van der Waals surface area contributed by atoms with Crippen LogP contribution < -0.4 is 15.5 Å². The molecule has 0 bridgehead atoms. The lowest BCUT2D eigenvalue weighted by atomic mass is 9.94. The number of rotatable bonds is 5. The maximum Gasteiger partial charge on any atom is 0.221 e. The Morgan fingerprint density at radius 1 is 1.11 bits per heavy atom. The van der Waals surface area contributed by atoms with Gasteiger partial charge in [-0.1, -0.05) is 6.07 Å². The summed E-state index contributed by atoms with van der Waals surface area (Å²) in [6.45, 7) is 3.14. The Morgan fingerprint density at radius 3 is 2.49 bits per heavy atom. The molecule has 3 atom stereocenters. The lowest BCUT2D eigenvalue weighted by Gasteiger charge is -2.51. The second kappa shape index (κ2) is 9.87. The predicted molar refractivity (Wildman–Crippen MR) is 146 cm³/mol. The fourth-order valence-electron chi connectivity index (χ4n) is 4.97. The van der Waals surface area contributed by atoms with Crippen molar-refractivity contribution >= 4 is 45.6 Å². The van der Waals surface area contributed by atoms with Crippen LogP contribution in [0.1, 0.15) is 26.7 Å². The van der Waals surface area contributed by atoms with Crippen LogP contribution >= 0.6 is 22.6 Å². The number of anilines is 3. The summed E-state index contributed by atoms with van der Waals surface area (Å²) in [4.78, 5) is 16.5. The number of halogens is 2. The van der Waals surface area contributed by atoms with E-state index >= 15 is 0 Å². The summed E-state index contributed by atoms with van der Waals surface area (Å²) in [5.74, 6) is -0.385. The molecule has 3 aliphatic rings. The number of likely N-dealkylation sites (N-methyl/N-ethyl adjacent to an activating group) is 1.